The van der Waals surface area contributed by atoms with Gasteiger partial charge >= 0.3 is 0 Å². The number of hydrogen-bond donors (Lipinski definition) is 1. The number of thioether (sulfide) groups is 1. The van der Waals surface area contributed by atoms with Crippen molar-refractivity contribution in [3.8, 4) is 0 Å². The number of rotatable bonds is 6. The zero-order chi connectivity index (χ0) is 17.8. The molecular weight excluding hydrogens is 364 g/mol. The number of carbonyl (C=O) groups is 1. The number of thiophene rings is 1. The third kappa shape index (κ3) is 3.63. The first-order valence-electron chi connectivity index (χ1n) is 8.11. The maximum Gasteiger partial charge on any atom is 0.231 e. The molecule has 7 heteroatoms. The van der Waals surface area contributed by atoms with Crippen LogP contribution in [-0.4, -0.2) is 26.3 Å². The Morgan fingerprint density at radius 1 is 1.08 bits per heavy atom. The fraction of sp³-hybridized carbons (Fsp3) is 0.105. The Kier molecular flexibility index (Phi) is 4.99. The van der Waals surface area contributed by atoms with Crippen molar-refractivity contribution in [2.45, 2.75) is 11.2 Å². The van der Waals surface area contributed by atoms with Gasteiger partial charge in [-0.05, 0) is 29.1 Å². The maximum atomic E-state index is 12.6. The fourth-order valence-corrected chi connectivity index (χ4v) is 4.21. The minimum absolute atomic E-state index is 0.0371. The van der Waals surface area contributed by atoms with Gasteiger partial charge in [0.1, 0.15) is 0 Å². The Bertz CT molecular complexity index is 999. The van der Waals surface area contributed by atoms with Crippen LogP contribution in [0.4, 0.5) is 0 Å². The Hall–Kier alpha value is -2.64. The van der Waals surface area contributed by atoms with E-state index in [1.54, 1.807) is 11.3 Å². The summed E-state index contributed by atoms with van der Waals surface area (Å²) >= 11 is 3.02. The van der Waals surface area contributed by atoms with Crippen molar-refractivity contribution in [3.63, 3.8) is 0 Å². The monoisotopic (exact) mass is 380 g/mol. The van der Waals surface area contributed by atoms with Crippen molar-refractivity contribution in [3.05, 3.63) is 82.7 Å². The molecular formula is C19H16N4OS2. The topological polar surface area (TPSA) is 59.3 Å². The molecule has 4 aromatic rings. The van der Waals surface area contributed by atoms with Gasteiger partial charge in [-0.1, -0.05) is 54.2 Å². The van der Waals surface area contributed by atoms with E-state index in [4.69, 9.17) is 0 Å². The number of nitrogens with one attached hydrogen (secondary N) is 1. The van der Waals surface area contributed by atoms with E-state index in [9.17, 15) is 4.79 Å². The van der Waals surface area contributed by atoms with Gasteiger partial charge in [-0.2, -0.15) is 0 Å². The van der Waals surface area contributed by atoms with E-state index in [1.165, 1.54) is 11.8 Å². The highest BCUT2D eigenvalue weighted by molar-refractivity contribution is 7.99. The molecule has 0 radical (unpaired) electrons. The highest BCUT2D eigenvalue weighted by Gasteiger charge is 2.18. The summed E-state index contributed by atoms with van der Waals surface area (Å²) in [5, 5.41) is 14.1. The number of hydrogen-bond acceptors (Lipinski definition) is 5. The lowest BCUT2D eigenvalue weighted by atomic mass is 10.1. The van der Waals surface area contributed by atoms with E-state index < -0.39 is 0 Å². The number of aromatic nitrogens is 3. The number of benzene rings is 1. The quantitative estimate of drug-likeness (QED) is 0.517. The minimum atomic E-state index is -0.139. The Labute approximate surface area is 159 Å². The predicted octanol–water partition coefficient (Wildman–Crippen LogP) is 3.79. The Morgan fingerprint density at radius 3 is 2.73 bits per heavy atom. The second kappa shape index (κ2) is 7.72. The summed E-state index contributed by atoms with van der Waals surface area (Å²) in [5.74, 6) is 0.245. The van der Waals surface area contributed by atoms with Crippen LogP contribution in [0.1, 0.15) is 16.5 Å². The molecule has 26 heavy (non-hydrogen) atoms. The van der Waals surface area contributed by atoms with Gasteiger partial charge in [0, 0.05) is 11.1 Å². The van der Waals surface area contributed by atoms with Crippen LogP contribution in [0.3, 0.4) is 0 Å². The van der Waals surface area contributed by atoms with Crippen LogP contribution in [0.5, 0.6) is 0 Å². The standard InChI is InChI=1S/C19H16N4OS2/c24-17(13-26-19-22-21-16-10-4-5-11-23(16)19)20-18(15-9-6-12-25-15)14-7-2-1-3-8-14/h1-12,18H,13H2,(H,20,24)/t18-/m1/s1. The molecule has 1 aromatic carbocycles. The Morgan fingerprint density at radius 2 is 1.92 bits per heavy atom. The third-order valence-electron chi connectivity index (χ3n) is 3.88. The van der Waals surface area contributed by atoms with Crippen molar-refractivity contribution in [2.75, 3.05) is 5.75 Å². The summed E-state index contributed by atoms with van der Waals surface area (Å²) in [5.41, 5.74) is 1.84. The van der Waals surface area contributed by atoms with Crippen LogP contribution in [0.15, 0.2) is 77.4 Å². The smallest absolute Gasteiger partial charge is 0.231 e. The molecule has 0 saturated carbocycles. The van der Waals surface area contributed by atoms with Gasteiger partial charge in [0.15, 0.2) is 10.8 Å². The summed E-state index contributed by atoms with van der Waals surface area (Å²) in [4.78, 5) is 13.7. The number of nitrogens with zero attached hydrogens (tertiary/aromatic N) is 3. The fourth-order valence-electron chi connectivity index (χ4n) is 2.67. The average Bonchev–Trinajstić information content (AvgIpc) is 3.35. The van der Waals surface area contributed by atoms with Crippen LogP contribution in [-0.2, 0) is 4.79 Å². The second-order valence-corrected chi connectivity index (χ2v) is 7.55. The highest BCUT2D eigenvalue weighted by atomic mass is 32.2. The van der Waals surface area contributed by atoms with Crippen molar-refractivity contribution in [1.82, 2.24) is 19.9 Å². The highest BCUT2D eigenvalue weighted by Crippen LogP contribution is 2.26. The molecule has 0 aliphatic heterocycles. The van der Waals surface area contributed by atoms with E-state index in [2.05, 4.69) is 15.5 Å². The first kappa shape index (κ1) is 16.8. The van der Waals surface area contributed by atoms with Gasteiger partial charge in [-0.15, -0.1) is 21.5 Å². The van der Waals surface area contributed by atoms with E-state index >= 15 is 0 Å². The minimum Gasteiger partial charge on any atom is -0.344 e. The van der Waals surface area contributed by atoms with Crippen molar-refractivity contribution in [1.29, 1.82) is 0 Å². The summed E-state index contributed by atoms with van der Waals surface area (Å²) in [6, 6.07) is 19.6. The molecule has 0 spiro atoms. The number of amides is 1. The van der Waals surface area contributed by atoms with E-state index in [1.807, 2.05) is 76.6 Å². The predicted molar refractivity (Wildman–Crippen MR) is 104 cm³/mol. The first-order valence-corrected chi connectivity index (χ1v) is 9.98. The molecule has 1 N–H and O–H groups in total. The zero-order valence-corrected chi connectivity index (χ0v) is 15.4. The normalized spacial score (nSPS) is 12.2. The van der Waals surface area contributed by atoms with Crippen molar-refractivity contribution < 1.29 is 4.79 Å². The van der Waals surface area contributed by atoms with E-state index in [0.717, 1.165) is 16.1 Å². The van der Waals surface area contributed by atoms with Crippen LogP contribution in [0, 0.1) is 0 Å². The lowest BCUT2D eigenvalue weighted by Gasteiger charge is -2.18. The van der Waals surface area contributed by atoms with Crippen LogP contribution < -0.4 is 5.32 Å². The van der Waals surface area contributed by atoms with Gasteiger partial charge < -0.3 is 5.32 Å². The molecule has 0 saturated heterocycles. The maximum absolute atomic E-state index is 12.6. The average molecular weight is 380 g/mol. The van der Waals surface area contributed by atoms with E-state index in [-0.39, 0.29) is 17.7 Å². The second-order valence-electron chi connectivity index (χ2n) is 5.63. The molecule has 5 nitrogen and oxygen atoms in total. The van der Waals surface area contributed by atoms with Crippen molar-refractivity contribution >= 4 is 34.7 Å². The van der Waals surface area contributed by atoms with Crippen LogP contribution in [0.25, 0.3) is 5.65 Å². The number of carbonyl (C=O) groups excluding carboxylic acids is 1. The molecule has 0 aliphatic carbocycles. The van der Waals surface area contributed by atoms with Gasteiger partial charge in [-0.3, -0.25) is 9.20 Å². The van der Waals surface area contributed by atoms with Gasteiger partial charge in [0.05, 0.1) is 11.8 Å². The molecule has 3 aromatic heterocycles. The summed E-state index contributed by atoms with van der Waals surface area (Å²) in [6.07, 6.45) is 1.90. The molecule has 0 aliphatic rings. The summed E-state index contributed by atoms with van der Waals surface area (Å²) in [7, 11) is 0. The molecule has 130 valence electrons. The largest absolute Gasteiger partial charge is 0.344 e. The summed E-state index contributed by atoms with van der Waals surface area (Å²) in [6.45, 7) is 0. The summed E-state index contributed by atoms with van der Waals surface area (Å²) < 4.78 is 1.88. The van der Waals surface area contributed by atoms with Gasteiger partial charge in [0.2, 0.25) is 5.91 Å². The molecule has 0 bridgehead atoms. The lowest BCUT2D eigenvalue weighted by molar-refractivity contribution is -0.119. The lowest BCUT2D eigenvalue weighted by Crippen LogP contribution is -2.30. The molecule has 1 amide bonds. The third-order valence-corrected chi connectivity index (χ3v) is 5.76. The zero-order valence-electron chi connectivity index (χ0n) is 13.8. The number of fused-ring (bicyclic) bond motifs is 1. The molecule has 0 fully saturated rings. The molecule has 1 atom stereocenters. The Balaban J connectivity index is 1.47. The van der Waals surface area contributed by atoms with Crippen LogP contribution in [0.2, 0.25) is 0 Å². The van der Waals surface area contributed by atoms with Crippen LogP contribution >= 0.6 is 23.1 Å². The number of pyridine rings is 1. The molecule has 3 heterocycles. The molecule has 4 rings (SSSR count). The van der Waals surface area contributed by atoms with Crippen molar-refractivity contribution in [2.24, 2.45) is 0 Å². The SMILES string of the molecule is O=C(CSc1nnc2ccccn12)N[C@H](c1ccccc1)c1cccs1. The van der Waals surface area contributed by atoms with Gasteiger partial charge in [-0.25, -0.2) is 0 Å². The first-order chi connectivity index (χ1) is 12.8. The van der Waals surface area contributed by atoms with E-state index in [0.29, 0.717) is 5.16 Å². The van der Waals surface area contributed by atoms with Gasteiger partial charge in [0.25, 0.3) is 0 Å². The molecule has 0 unspecified atom stereocenters.